The molecule has 18 heavy (non-hydrogen) atoms. The lowest BCUT2D eigenvalue weighted by atomic mass is 10.1. The van der Waals surface area contributed by atoms with Gasteiger partial charge in [-0.25, -0.2) is 0 Å². The average Bonchev–Trinajstić information content (AvgIpc) is 2.77. The number of benzene rings is 1. The van der Waals surface area contributed by atoms with Gasteiger partial charge in [-0.15, -0.1) is 0 Å². The maximum Gasteiger partial charge on any atom is 0.0991 e. The minimum atomic E-state index is 0.166. The van der Waals surface area contributed by atoms with Crippen molar-refractivity contribution in [2.45, 2.75) is 25.9 Å². The molecule has 0 saturated carbocycles. The van der Waals surface area contributed by atoms with E-state index in [1.54, 1.807) is 0 Å². The second-order valence-corrected chi connectivity index (χ2v) is 4.62. The van der Waals surface area contributed by atoms with Crippen molar-refractivity contribution in [2.75, 3.05) is 0 Å². The standard InChI is InChI=1S/C15H17N3/c1-12(17)9-15-3-2-8-18(15)11-14-6-4-13(10-16)5-7-14/h2-8,12H,9,11,17H2,1H3. The van der Waals surface area contributed by atoms with Crippen LogP contribution in [0.1, 0.15) is 23.7 Å². The highest BCUT2D eigenvalue weighted by Crippen LogP contribution is 2.10. The predicted octanol–water partition coefficient (Wildman–Crippen LogP) is 2.30. The Morgan fingerprint density at radius 1 is 1.28 bits per heavy atom. The molecular formula is C15H17N3. The largest absolute Gasteiger partial charge is 0.347 e. The molecule has 3 heteroatoms. The molecule has 2 aromatic rings. The van der Waals surface area contributed by atoms with Crippen molar-refractivity contribution in [3.05, 3.63) is 59.4 Å². The molecule has 1 unspecified atom stereocenters. The molecule has 92 valence electrons. The van der Waals surface area contributed by atoms with Gasteiger partial charge in [0.1, 0.15) is 0 Å². The summed E-state index contributed by atoms with van der Waals surface area (Å²) in [7, 11) is 0. The van der Waals surface area contributed by atoms with E-state index in [0.717, 1.165) is 13.0 Å². The zero-order valence-corrected chi connectivity index (χ0v) is 10.5. The molecule has 1 atom stereocenters. The van der Waals surface area contributed by atoms with Gasteiger partial charge >= 0.3 is 0 Å². The summed E-state index contributed by atoms with van der Waals surface area (Å²) in [6, 6.07) is 14.1. The molecule has 0 fully saturated rings. The summed E-state index contributed by atoms with van der Waals surface area (Å²) >= 11 is 0. The summed E-state index contributed by atoms with van der Waals surface area (Å²) in [5, 5.41) is 8.76. The van der Waals surface area contributed by atoms with Gasteiger partial charge in [-0.2, -0.15) is 5.26 Å². The van der Waals surface area contributed by atoms with Gasteiger partial charge in [-0.3, -0.25) is 0 Å². The maximum absolute atomic E-state index is 8.76. The summed E-state index contributed by atoms with van der Waals surface area (Å²) < 4.78 is 2.20. The molecule has 0 aliphatic heterocycles. The van der Waals surface area contributed by atoms with Crippen LogP contribution in [0.15, 0.2) is 42.6 Å². The molecule has 0 saturated heterocycles. The number of nitrogens with zero attached hydrogens (tertiary/aromatic N) is 2. The zero-order chi connectivity index (χ0) is 13.0. The van der Waals surface area contributed by atoms with Crippen LogP contribution in [0.25, 0.3) is 0 Å². The summed E-state index contributed by atoms with van der Waals surface area (Å²) in [6.45, 7) is 2.83. The van der Waals surface area contributed by atoms with Crippen LogP contribution in [0.4, 0.5) is 0 Å². The molecule has 3 nitrogen and oxygen atoms in total. The van der Waals surface area contributed by atoms with Crippen LogP contribution < -0.4 is 5.73 Å². The highest BCUT2D eigenvalue weighted by atomic mass is 15.0. The first-order valence-electron chi connectivity index (χ1n) is 6.07. The van der Waals surface area contributed by atoms with Crippen LogP contribution >= 0.6 is 0 Å². The second-order valence-electron chi connectivity index (χ2n) is 4.62. The van der Waals surface area contributed by atoms with Crippen molar-refractivity contribution >= 4 is 0 Å². The van der Waals surface area contributed by atoms with Gasteiger partial charge in [0.05, 0.1) is 11.6 Å². The number of aromatic nitrogens is 1. The third kappa shape index (κ3) is 2.99. The Balaban J connectivity index is 2.13. The van der Waals surface area contributed by atoms with Crippen molar-refractivity contribution in [2.24, 2.45) is 5.73 Å². The second kappa shape index (κ2) is 5.52. The Kier molecular flexibility index (Phi) is 3.81. The number of rotatable bonds is 4. The number of nitrogens with two attached hydrogens (primary N) is 1. The van der Waals surface area contributed by atoms with Crippen LogP contribution in [0.3, 0.4) is 0 Å². The Hall–Kier alpha value is -2.05. The van der Waals surface area contributed by atoms with Gasteiger partial charge in [0.25, 0.3) is 0 Å². The fourth-order valence-corrected chi connectivity index (χ4v) is 2.00. The molecule has 0 aliphatic rings. The molecule has 0 amide bonds. The smallest absolute Gasteiger partial charge is 0.0991 e. The van der Waals surface area contributed by atoms with Crippen molar-refractivity contribution < 1.29 is 0 Å². The molecule has 2 N–H and O–H groups in total. The molecule has 1 aromatic heterocycles. The molecule has 1 heterocycles. The van der Waals surface area contributed by atoms with Crippen LogP contribution in [0, 0.1) is 11.3 Å². The van der Waals surface area contributed by atoms with Gasteiger partial charge in [-0.1, -0.05) is 12.1 Å². The lowest BCUT2D eigenvalue weighted by Gasteiger charge is -2.11. The summed E-state index contributed by atoms with van der Waals surface area (Å²) in [6.07, 6.45) is 2.94. The van der Waals surface area contributed by atoms with E-state index in [0.29, 0.717) is 5.56 Å². The fraction of sp³-hybridized carbons (Fsp3) is 0.267. The topological polar surface area (TPSA) is 54.7 Å². The van der Waals surface area contributed by atoms with Crippen LogP contribution in [-0.4, -0.2) is 10.6 Å². The predicted molar refractivity (Wildman–Crippen MR) is 72.0 cm³/mol. The van der Waals surface area contributed by atoms with E-state index < -0.39 is 0 Å². The minimum absolute atomic E-state index is 0.166. The first-order valence-corrected chi connectivity index (χ1v) is 6.07. The van der Waals surface area contributed by atoms with Crippen molar-refractivity contribution in [3.8, 4) is 6.07 Å². The lowest BCUT2D eigenvalue weighted by molar-refractivity contribution is 0.666. The van der Waals surface area contributed by atoms with E-state index in [1.165, 1.54) is 11.3 Å². The van der Waals surface area contributed by atoms with Crippen molar-refractivity contribution in [1.29, 1.82) is 5.26 Å². The molecular weight excluding hydrogens is 222 g/mol. The highest BCUT2D eigenvalue weighted by molar-refractivity contribution is 5.32. The Morgan fingerprint density at radius 2 is 2.00 bits per heavy atom. The van der Waals surface area contributed by atoms with Gasteiger partial charge in [-0.05, 0) is 36.8 Å². The Morgan fingerprint density at radius 3 is 2.61 bits per heavy atom. The minimum Gasteiger partial charge on any atom is -0.347 e. The number of hydrogen-bond donors (Lipinski definition) is 1. The van der Waals surface area contributed by atoms with Gasteiger partial charge in [0.2, 0.25) is 0 Å². The van der Waals surface area contributed by atoms with Crippen LogP contribution in [-0.2, 0) is 13.0 Å². The summed E-state index contributed by atoms with van der Waals surface area (Å²) in [4.78, 5) is 0. The quantitative estimate of drug-likeness (QED) is 0.890. The summed E-state index contributed by atoms with van der Waals surface area (Å²) in [5.41, 5.74) is 8.97. The number of hydrogen-bond acceptors (Lipinski definition) is 2. The highest BCUT2D eigenvalue weighted by Gasteiger charge is 2.04. The normalized spacial score (nSPS) is 12.1. The lowest BCUT2D eigenvalue weighted by Crippen LogP contribution is -2.20. The average molecular weight is 239 g/mol. The van der Waals surface area contributed by atoms with E-state index in [-0.39, 0.29) is 6.04 Å². The monoisotopic (exact) mass is 239 g/mol. The van der Waals surface area contributed by atoms with Crippen LogP contribution in [0.2, 0.25) is 0 Å². The van der Waals surface area contributed by atoms with Crippen molar-refractivity contribution in [1.82, 2.24) is 4.57 Å². The van der Waals surface area contributed by atoms with E-state index in [4.69, 9.17) is 11.0 Å². The molecule has 0 bridgehead atoms. The van der Waals surface area contributed by atoms with E-state index in [9.17, 15) is 0 Å². The third-order valence-corrected chi connectivity index (χ3v) is 2.89. The Labute approximate surface area is 107 Å². The van der Waals surface area contributed by atoms with Crippen molar-refractivity contribution in [3.63, 3.8) is 0 Å². The van der Waals surface area contributed by atoms with Gasteiger partial charge in [0.15, 0.2) is 0 Å². The maximum atomic E-state index is 8.76. The SMILES string of the molecule is CC(N)Cc1cccn1Cc1ccc(C#N)cc1. The fourth-order valence-electron chi connectivity index (χ4n) is 2.00. The molecule has 0 spiro atoms. The first-order chi connectivity index (χ1) is 8.69. The third-order valence-electron chi connectivity index (χ3n) is 2.89. The zero-order valence-electron chi connectivity index (χ0n) is 10.5. The summed E-state index contributed by atoms with van der Waals surface area (Å²) in [5.74, 6) is 0. The molecule has 0 radical (unpaired) electrons. The molecule has 2 rings (SSSR count). The van der Waals surface area contributed by atoms with Gasteiger partial charge in [0, 0.05) is 30.9 Å². The van der Waals surface area contributed by atoms with Crippen LogP contribution in [0.5, 0.6) is 0 Å². The van der Waals surface area contributed by atoms with E-state index >= 15 is 0 Å². The molecule has 1 aromatic carbocycles. The number of nitriles is 1. The Bertz CT molecular complexity index is 544. The first kappa shape index (κ1) is 12.4. The van der Waals surface area contributed by atoms with E-state index in [1.807, 2.05) is 37.3 Å². The molecule has 0 aliphatic carbocycles. The van der Waals surface area contributed by atoms with Gasteiger partial charge < -0.3 is 10.3 Å². The van der Waals surface area contributed by atoms with E-state index in [2.05, 4.69) is 22.9 Å².